The summed E-state index contributed by atoms with van der Waals surface area (Å²) in [5.41, 5.74) is 0.150. The number of fused-ring (bicyclic) bond motifs is 1. The zero-order chi connectivity index (χ0) is 11.0. The molecule has 2 rings (SSSR count). The molecule has 1 aromatic carbocycles. The van der Waals surface area contributed by atoms with Crippen LogP contribution < -0.4 is 9.47 Å². The second-order valence-electron chi connectivity index (χ2n) is 3.48. The van der Waals surface area contributed by atoms with Gasteiger partial charge in [-0.1, -0.05) is 0 Å². The van der Waals surface area contributed by atoms with Gasteiger partial charge < -0.3 is 19.7 Å². The number of ether oxygens (including phenoxy) is 2. The lowest BCUT2D eigenvalue weighted by Gasteiger charge is -2.10. The summed E-state index contributed by atoms with van der Waals surface area (Å²) >= 11 is 0. The fourth-order valence-electron chi connectivity index (χ4n) is 1.55. The third-order valence-corrected chi connectivity index (χ3v) is 2.17. The quantitative estimate of drug-likeness (QED) is 0.776. The molecule has 2 N–H and O–H groups in total. The van der Waals surface area contributed by atoms with E-state index in [4.69, 9.17) is 9.47 Å². The molecular weight excluding hydrogens is 203 g/mol. The predicted octanol–water partition coefficient (Wildman–Crippen LogP) is 1.18. The summed E-state index contributed by atoms with van der Waals surface area (Å²) in [6.45, 7) is 1.54. The van der Waals surface area contributed by atoms with Crippen LogP contribution in [0.5, 0.6) is 17.2 Å². The van der Waals surface area contributed by atoms with Crippen LogP contribution in [0.25, 0.3) is 0 Å². The van der Waals surface area contributed by atoms with Crippen LogP contribution in [-0.4, -0.2) is 23.1 Å². The van der Waals surface area contributed by atoms with E-state index in [9.17, 15) is 14.6 Å². The summed E-state index contributed by atoms with van der Waals surface area (Å²) in [5, 5.41) is 18.5. The van der Waals surface area contributed by atoms with Gasteiger partial charge in [0, 0.05) is 18.1 Å². The summed E-state index contributed by atoms with van der Waals surface area (Å²) in [6.07, 6.45) is -0.638. The molecule has 0 amide bonds. The van der Waals surface area contributed by atoms with Crippen molar-refractivity contribution in [2.75, 3.05) is 6.79 Å². The number of hydrogen-bond acceptors (Lipinski definition) is 4. The van der Waals surface area contributed by atoms with Gasteiger partial charge in [-0.3, -0.25) is 0 Å². The third-order valence-electron chi connectivity index (χ3n) is 2.17. The van der Waals surface area contributed by atoms with Crippen molar-refractivity contribution < 1.29 is 24.1 Å². The average molecular weight is 214 g/mol. The van der Waals surface area contributed by atoms with Gasteiger partial charge in [0.25, 0.3) is 0 Å². The Balaban J connectivity index is 2.50. The fourth-order valence-corrected chi connectivity index (χ4v) is 1.55. The highest BCUT2D eigenvalue weighted by atomic mass is 19.1. The predicted molar refractivity (Wildman–Crippen MR) is 49.6 cm³/mol. The second-order valence-corrected chi connectivity index (χ2v) is 3.48. The lowest BCUT2D eigenvalue weighted by Crippen LogP contribution is -2.07. The number of hydrogen-bond donors (Lipinski definition) is 2. The number of benzene rings is 1. The second kappa shape index (κ2) is 3.58. The maximum Gasteiger partial charge on any atom is 0.231 e. The van der Waals surface area contributed by atoms with E-state index < -0.39 is 17.7 Å². The number of rotatable bonds is 2. The van der Waals surface area contributed by atoms with E-state index in [-0.39, 0.29) is 24.5 Å². The molecule has 0 fully saturated rings. The molecule has 4 nitrogen and oxygen atoms in total. The first-order valence-corrected chi connectivity index (χ1v) is 4.57. The van der Waals surface area contributed by atoms with Crippen molar-refractivity contribution >= 4 is 0 Å². The van der Waals surface area contributed by atoms with Crippen LogP contribution in [-0.2, 0) is 6.42 Å². The van der Waals surface area contributed by atoms with Gasteiger partial charge >= 0.3 is 0 Å². The molecule has 0 saturated carbocycles. The van der Waals surface area contributed by atoms with E-state index in [0.717, 1.165) is 0 Å². The zero-order valence-corrected chi connectivity index (χ0v) is 8.16. The molecule has 82 valence electrons. The molecule has 0 aromatic heterocycles. The summed E-state index contributed by atoms with van der Waals surface area (Å²) in [4.78, 5) is 0. The number of halogens is 1. The Kier molecular flexibility index (Phi) is 2.40. The molecule has 1 aromatic rings. The minimum absolute atomic E-state index is 0.00500. The highest BCUT2D eigenvalue weighted by Gasteiger charge is 2.25. The van der Waals surface area contributed by atoms with Crippen LogP contribution >= 0.6 is 0 Å². The van der Waals surface area contributed by atoms with Crippen LogP contribution in [0.2, 0.25) is 0 Å². The summed E-state index contributed by atoms with van der Waals surface area (Å²) < 4.78 is 23.6. The molecule has 1 aliphatic heterocycles. The zero-order valence-electron chi connectivity index (χ0n) is 8.16. The maximum absolute atomic E-state index is 13.5. The first-order valence-electron chi connectivity index (χ1n) is 4.57. The lowest BCUT2D eigenvalue weighted by atomic mass is 10.1. The Hall–Kier alpha value is -1.49. The first kappa shape index (κ1) is 10.0. The molecule has 1 heterocycles. The monoisotopic (exact) mass is 214 g/mol. The van der Waals surface area contributed by atoms with E-state index in [1.54, 1.807) is 0 Å². The normalized spacial score (nSPS) is 15.4. The van der Waals surface area contributed by atoms with Gasteiger partial charge in [0.05, 0.1) is 6.10 Å². The highest BCUT2D eigenvalue weighted by molar-refractivity contribution is 5.53. The van der Waals surface area contributed by atoms with E-state index in [1.165, 1.54) is 13.0 Å². The number of phenolic OH excluding ortho intramolecular Hbond substituents is 1. The smallest absolute Gasteiger partial charge is 0.231 e. The van der Waals surface area contributed by atoms with Crippen molar-refractivity contribution in [1.82, 2.24) is 0 Å². The maximum atomic E-state index is 13.5. The van der Waals surface area contributed by atoms with Gasteiger partial charge in [-0.2, -0.15) is 0 Å². The average Bonchev–Trinajstić information content (AvgIpc) is 2.59. The highest BCUT2D eigenvalue weighted by Crippen LogP contribution is 2.41. The lowest BCUT2D eigenvalue weighted by molar-refractivity contribution is 0.169. The minimum Gasteiger partial charge on any atom is -0.505 e. The van der Waals surface area contributed by atoms with E-state index >= 15 is 0 Å². The molecule has 1 unspecified atom stereocenters. The topological polar surface area (TPSA) is 58.9 Å². The van der Waals surface area contributed by atoms with Gasteiger partial charge in [-0.05, 0) is 6.92 Å². The summed E-state index contributed by atoms with van der Waals surface area (Å²) in [6, 6.07) is 1.17. The van der Waals surface area contributed by atoms with Crippen molar-refractivity contribution in [3.63, 3.8) is 0 Å². The first-order chi connectivity index (χ1) is 7.09. The molecule has 5 heteroatoms. The Labute approximate surface area is 85.9 Å². The van der Waals surface area contributed by atoms with E-state index in [1.807, 2.05) is 0 Å². The van der Waals surface area contributed by atoms with Crippen molar-refractivity contribution in [2.45, 2.75) is 19.4 Å². The molecule has 1 atom stereocenters. The Morgan fingerprint density at radius 3 is 2.93 bits per heavy atom. The molecule has 0 aliphatic carbocycles. The van der Waals surface area contributed by atoms with Gasteiger partial charge in [0.1, 0.15) is 0 Å². The molecule has 0 bridgehead atoms. The van der Waals surface area contributed by atoms with E-state index in [2.05, 4.69) is 0 Å². The van der Waals surface area contributed by atoms with Crippen molar-refractivity contribution in [3.05, 3.63) is 17.4 Å². The Morgan fingerprint density at radius 2 is 2.27 bits per heavy atom. The largest absolute Gasteiger partial charge is 0.505 e. The molecule has 0 radical (unpaired) electrons. The minimum atomic E-state index is -0.764. The molecule has 0 saturated heterocycles. The van der Waals surface area contributed by atoms with Crippen LogP contribution in [0, 0.1) is 5.82 Å². The van der Waals surface area contributed by atoms with Crippen LogP contribution in [0.1, 0.15) is 12.5 Å². The van der Waals surface area contributed by atoms with Crippen LogP contribution in [0.3, 0.4) is 0 Å². The van der Waals surface area contributed by atoms with Crippen molar-refractivity contribution in [2.24, 2.45) is 0 Å². The summed E-state index contributed by atoms with van der Waals surface area (Å²) in [5.74, 6) is -0.675. The molecule has 15 heavy (non-hydrogen) atoms. The van der Waals surface area contributed by atoms with Crippen molar-refractivity contribution in [1.29, 1.82) is 0 Å². The van der Waals surface area contributed by atoms with E-state index in [0.29, 0.717) is 5.75 Å². The number of phenols is 1. The Bertz CT molecular complexity index is 389. The van der Waals surface area contributed by atoms with Crippen LogP contribution in [0.4, 0.5) is 4.39 Å². The van der Waals surface area contributed by atoms with Crippen molar-refractivity contribution in [3.8, 4) is 17.2 Å². The molecule has 1 aliphatic rings. The third kappa shape index (κ3) is 1.70. The van der Waals surface area contributed by atoms with Crippen LogP contribution in [0.15, 0.2) is 6.07 Å². The van der Waals surface area contributed by atoms with Gasteiger partial charge in [0.2, 0.25) is 6.79 Å². The number of aliphatic hydroxyl groups is 1. The fraction of sp³-hybridized carbons (Fsp3) is 0.400. The number of aliphatic hydroxyl groups excluding tert-OH is 1. The Morgan fingerprint density at radius 1 is 1.53 bits per heavy atom. The summed E-state index contributed by atoms with van der Waals surface area (Å²) in [7, 11) is 0. The van der Waals surface area contributed by atoms with Gasteiger partial charge in [-0.25, -0.2) is 4.39 Å². The number of aromatic hydroxyl groups is 1. The SMILES string of the molecule is CC(O)Cc1c(F)c(O)cc2c1OCO2. The standard InChI is InChI=1S/C10H11FO4/c1-5(12)2-6-9(11)7(13)3-8-10(6)15-4-14-8/h3,5,12-13H,2,4H2,1H3. The van der Waals surface area contributed by atoms with Gasteiger partial charge in [-0.15, -0.1) is 0 Å². The molecular formula is C10H11FO4. The molecule has 0 spiro atoms. The van der Waals surface area contributed by atoms with Gasteiger partial charge in [0.15, 0.2) is 23.1 Å².